The number of hydrogen-bond donors (Lipinski definition) is 0. The second-order valence-electron chi connectivity index (χ2n) is 17.1. The quantitative estimate of drug-likeness (QED) is 0.135. The van der Waals surface area contributed by atoms with E-state index in [4.69, 9.17) is 4.98 Å². The van der Waals surface area contributed by atoms with E-state index in [-0.39, 0.29) is 21.1 Å². The van der Waals surface area contributed by atoms with E-state index in [1.807, 2.05) is 6.20 Å². The molecule has 0 fully saturated rings. The van der Waals surface area contributed by atoms with Gasteiger partial charge in [0.05, 0.1) is 23.7 Å². The maximum Gasteiger partial charge on any atom is 2.00 e. The van der Waals surface area contributed by atoms with Crippen LogP contribution in [0.5, 0.6) is 0 Å². The Hall–Kier alpha value is -7.98. The van der Waals surface area contributed by atoms with Crippen molar-refractivity contribution in [1.29, 1.82) is 0 Å². The smallest absolute Gasteiger partial charge is 0.357 e. The fraction of sp³-hybridized carbons (Fsp3) is 0.0484. The van der Waals surface area contributed by atoms with E-state index in [1.54, 1.807) is 0 Å². The van der Waals surface area contributed by atoms with Crippen LogP contribution in [0.2, 0.25) is 0 Å². The second kappa shape index (κ2) is 18.0. The van der Waals surface area contributed by atoms with E-state index in [2.05, 4.69) is 264 Å². The first-order valence-corrected chi connectivity index (χ1v) is 22.8. The first kappa shape index (κ1) is 42.6. The first-order valence-electron chi connectivity index (χ1n) is 22.8. The summed E-state index contributed by atoms with van der Waals surface area (Å²) in [6, 6.07) is 85.8. The van der Waals surface area contributed by atoms with Crippen LogP contribution in [0.3, 0.4) is 0 Å². The SMILES string of the molecule is Cc1cccc(C)c1-c1ccnc(-n2c3[c-]c(N(c4[c-]c(N5CN(c6ccccc6)c6ccccc65)ccc4)c4c(-c5ccccc5)cccc4-c4ccccc4)ccc3c3ccccc32)c1.[Pt+2]. The number of pyridine rings is 1. The molecule has 1 aliphatic heterocycles. The van der Waals surface area contributed by atoms with Crippen molar-refractivity contribution < 1.29 is 21.1 Å². The Morgan fingerprint density at radius 2 is 1.07 bits per heavy atom. The number of para-hydroxylation sites is 5. The van der Waals surface area contributed by atoms with Gasteiger partial charge in [0.15, 0.2) is 0 Å². The van der Waals surface area contributed by atoms with Gasteiger partial charge in [-0.25, -0.2) is 4.98 Å². The van der Waals surface area contributed by atoms with Gasteiger partial charge in [0.25, 0.3) is 0 Å². The third kappa shape index (κ3) is 7.46. The zero-order valence-electron chi connectivity index (χ0n) is 37.6. The summed E-state index contributed by atoms with van der Waals surface area (Å²) in [7, 11) is 0. The normalized spacial score (nSPS) is 12.0. The van der Waals surface area contributed by atoms with Crippen molar-refractivity contribution in [1.82, 2.24) is 9.55 Å². The van der Waals surface area contributed by atoms with E-state index >= 15 is 0 Å². The molecule has 1 aliphatic rings. The average molecular weight is 1060 g/mol. The maximum absolute atomic E-state index is 5.08. The molecule has 0 bridgehead atoms. The monoisotopic (exact) mass is 1050 g/mol. The fourth-order valence-corrected chi connectivity index (χ4v) is 10.1. The topological polar surface area (TPSA) is 27.5 Å². The van der Waals surface area contributed by atoms with Crippen molar-refractivity contribution in [3.05, 3.63) is 248 Å². The van der Waals surface area contributed by atoms with Gasteiger partial charge in [0, 0.05) is 28.5 Å². The standard InChI is InChI=1S/C62H45N5.Pt/c1-43-19-16-20-44(2)61(43)47-37-38-63-60(39-47)67-56-32-13-12-29-54(56)55-36-35-51(41-59(55)67)66(62-52(45-21-6-3-7-22-45)30-18-31-53(62)46-23-8-4-9-24-46)50-28-17-27-49(40-50)65-42-64(48-25-10-5-11-26-48)57-33-14-15-34-58(57)65;/h3-39H,42H2,1-2H3;/q-2;+2. The van der Waals surface area contributed by atoms with Gasteiger partial charge in [-0.2, -0.15) is 12.1 Å². The van der Waals surface area contributed by atoms with Crippen molar-refractivity contribution in [2.45, 2.75) is 13.8 Å². The summed E-state index contributed by atoms with van der Waals surface area (Å²) in [5.74, 6) is 0.838. The van der Waals surface area contributed by atoms with E-state index in [0.717, 1.165) is 95.3 Å². The summed E-state index contributed by atoms with van der Waals surface area (Å²) in [6.45, 7) is 5.01. The van der Waals surface area contributed by atoms with Crippen molar-refractivity contribution in [3.63, 3.8) is 0 Å². The molecule has 0 aliphatic carbocycles. The van der Waals surface area contributed by atoms with Crippen LogP contribution in [0.4, 0.5) is 39.8 Å². The van der Waals surface area contributed by atoms with Crippen LogP contribution >= 0.6 is 0 Å². The van der Waals surface area contributed by atoms with Crippen LogP contribution in [-0.2, 0) is 21.1 Å². The van der Waals surface area contributed by atoms with Crippen molar-refractivity contribution in [2.24, 2.45) is 0 Å². The summed E-state index contributed by atoms with van der Waals surface area (Å²) in [5.41, 5.74) is 18.5. The summed E-state index contributed by atoms with van der Waals surface area (Å²) in [4.78, 5) is 12.2. The number of fused-ring (bicyclic) bond motifs is 4. The Bertz CT molecular complexity index is 3530. The van der Waals surface area contributed by atoms with E-state index in [0.29, 0.717) is 6.67 Å². The molecule has 0 amide bonds. The van der Waals surface area contributed by atoms with E-state index in [9.17, 15) is 0 Å². The van der Waals surface area contributed by atoms with Gasteiger partial charge in [0.2, 0.25) is 0 Å². The van der Waals surface area contributed by atoms with Crippen molar-refractivity contribution in [2.75, 3.05) is 21.4 Å². The summed E-state index contributed by atoms with van der Waals surface area (Å²) >= 11 is 0. The summed E-state index contributed by atoms with van der Waals surface area (Å²) in [5, 5.41) is 2.25. The molecule has 0 saturated carbocycles. The Morgan fingerprint density at radius 3 is 1.78 bits per heavy atom. The zero-order chi connectivity index (χ0) is 44.8. The van der Waals surface area contributed by atoms with Crippen LogP contribution in [0.1, 0.15) is 11.1 Å². The maximum atomic E-state index is 5.08. The van der Waals surface area contributed by atoms with Gasteiger partial charge in [0.1, 0.15) is 5.82 Å². The molecule has 12 rings (SSSR count). The number of nitrogens with zero attached hydrogens (tertiary/aromatic N) is 5. The molecule has 9 aromatic carbocycles. The minimum absolute atomic E-state index is 0. The molecule has 2 aromatic heterocycles. The molecule has 68 heavy (non-hydrogen) atoms. The first-order chi connectivity index (χ1) is 33.1. The number of rotatable bonds is 9. The molecular weight excluding hydrogens is 1010 g/mol. The predicted molar refractivity (Wildman–Crippen MR) is 279 cm³/mol. The third-order valence-electron chi connectivity index (χ3n) is 13.1. The molecule has 0 spiro atoms. The summed E-state index contributed by atoms with van der Waals surface area (Å²) in [6.07, 6.45) is 1.94. The van der Waals surface area contributed by atoms with E-state index < -0.39 is 0 Å². The third-order valence-corrected chi connectivity index (χ3v) is 13.1. The molecule has 0 radical (unpaired) electrons. The Labute approximate surface area is 412 Å². The van der Waals surface area contributed by atoms with Gasteiger partial charge in [-0.3, -0.25) is 0 Å². The molecule has 0 atom stereocenters. The van der Waals surface area contributed by atoms with Crippen LogP contribution < -0.4 is 14.7 Å². The molecule has 0 unspecified atom stereocenters. The van der Waals surface area contributed by atoms with Crippen LogP contribution in [-0.4, -0.2) is 16.2 Å². The van der Waals surface area contributed by atoms with Gasteiger partial charge in [-0.15, -0.1) is 35.7 Å². The van der Waals surface area contributed by atoms with E-state index in [1.165, 1.54) is 16.7 Å². The van der Waals surface area contributed by atoms with Crippen LogP contribution in [0.25, 0.3) is 61.0 Å². The number of benzene rings is 9. The number of anilines is 7. The Kier molecular flexibility index (Phi) is 11.3. The number of hydrogen-bond acceptors (Lipinski definition) is 4. The average Bonchev–Trinajstić information content (AvgIpc) is 3.94. The van der Waals surface area contributed by atoms with Crippen molar-refractivity contribution in [3.8, 4) is 39.2 Å². The molecule has 328 valence electrons. The largest absolute Gasteiger partial charge is 2.00 e. The number of aromatic nitrogens is 2. The Balaban J connectivity index is 0.00000507. The molecule has 0 saturated heterocycles. The van der Waals surface area contributed by atoms with Crippen LogP contribution in [0.15, 0.2) is 225 Å². The molecule has 5 nitrogen and oxygen atoms in total. The second-order valence-corrected chi connectivity index (χ2v) is 17.1. The number of aryl methyl sites for hydroxylation is 2. The minimum atomic E-state index is 0. The molecule has 3 heterocycles. The summed E-state index contributed by atoms with van der Waals surface area (Å²) < 4.78 is 2.28. The van der Waals surface area contributed by atoms with Gasteiger partial charge in [-0.05, 0) is 95.1 Å². The fourth-order valence-electron chi connectivity index (χ4n) is 10.1. The zero-order valence-corrected chi connectivity index (χ0v) is 39.9. The van der Waals surface area contributed by atoms with Crippen molar-refractivity contribution >= 4 is 61.6 Å². The van der Waals surface area contributed by atoms with Gasteiger partial charge >= 0.3 is 21.1 Å². The molecule has 0 N–H and O–H groups in total. The molecule has 6 heteroatoms. The molecule has 11 aromatic rings. The molecular formula is C62H45N5Pt. The predicted octanol–water partition coefficient (Wildman–Crippen LogP) is 16.1. The minimum Gasteiger partial charge on any atom is -0.357 e. The van der Waals surface area contributed by atoms with Gasteiger partial charge in [-0.1, -0.05) is 168 Å². The Morgan fingerprint density at radius 1 is 0.485 bits per heavy atom. The van der Waals surface area contributed by atoms with Crippen LogP contribution in [0, 0.1) is 26.0 Å². The van der Waals surface area contributed by atoms with Gasteiger partial charge < -0.3 is 19.3 Å².